The molecule has 98 valence electrons. The summed E-state index contributed by atoms with van der Waals surface area (Å²) < 4.78 is 4.67. The van der Waals surface area contributed by atoms with Gasteiger partial charge in [0.15, 0.2) is 0 Å². The summed E-state index contributed by atoms with van der Waals surface area (Å²) in [6, 6.07) is 3.28. The molecule has 1 heterocycles. The number of carbonyl (C=O) groups is 2. The SMILES string of the molecule is COC(=O)c1cccnc1N(C)CCCC(=O)O. The molecule has 1 N–H and O–H groups in total. The number of aromatic nitrogens is 1. The average Bonchev–Trinajstić information content (AvgIpc) is 2.37. The number of rotatable bonds is 6. The van der Waals surface area contributed by atoms with E-state index >= 15 is 0 Å². The zero-order valence-electron chi connectivity index (χ0n) is 10.4. The second-order valence-corrected chi connectivity index (χ2v) is 3.78. The highest BCUT2D eigenvalue weighted by atomic mass is 16.5. The fraction of sp³-hybridized carbons (Fsp3) is 0.417. The van der Waals surface area contributed by atoms with Gasteiger partial charge >= 0.3 is 11.9 Å². The Labute approximate surface area is 105 Å². The second-order valence-electron chi connectivity index (χ2n) is 3.78. The van der Waals surface area contributed by atoms with Gasteiger partial charge in [-0.2, -0.15) is 0 Å². The van der Waals surface area contributed by atoms with Gasteiger partial charge in [-0.05, 0) is 18.6 Å². The van der Waals surface area contributed by atoms with Gasteiger partial charge in [-0.25, -0.2) is 9.78 Å². The Bertz CT molecular complexity index is 434. The fourth-order valence-corrected chi connectivity index (χ4v) is 1.54. The number of hydrogen-bond donors (Lipinski definition) is 1. The normalized spacial score (nSPS) is 9.89. The van der Waals surface area contributed by atoms with E-state index in [-0.39, 0.29) is 6.42 Å². The van der Waals surface area contributed by atoms with E-state index in [1.54, 1.807) is 30.3 Å². The minimum atomic E-state index is -0.836. The molecule has 0 unspecified atom stereocenters. The molecular weight excluding hydrogens is 236 g/mol. The molecule has 18 heavy (non-hydrogen) atoms. The Hall–Kier alpha value is -2.11. The van der Waals surface area contributed by atoms with Crippen LogP contribution in [0.25, 0.3) is 0 Å². The molecular formula is C12H16N2O4. The molecule has 0 aromatic carbocycles. The first-order valence-electron chi connectivity index (χ1n) is 5.52. The van der Waals surface area contributed by atoms with Crippen LogP contribution in [0.2, 0.25) is 0 Å². The van der Waals surface area contributed by atoms with Crippen LogP contribution >= 0.6 is 0 Å². The predicted octanol–water partition coefficient (Wildman–Crippen LogP) is 1.17. The molecule has 1 aromatic heterocycles. The molecule has 1 aromatic rings. The van der Waals surface area contributed by atoms with Crippen LogP contribution < -0.4 is 4.90 Å². The topological polar surface area (TPSA) is 79.7 Å². The monoisotopic (exact) mass is 252 g/mol. The maximum Gasteiger partial charge on any atom is 0.341 e. The van der Waals surface area contributed by atoms with Crippen LogP contribution in [0.15, 0.2) is 18.3 Å². The van der Waals surface area contributed by atoms with Crippen molar-refractivity contribution in [3.8, 4) is 0 Å². The van der Waals surface area contributed by atoms with Crippen LogP contribution in [0.4, 0.5) is 5.82 Å². The minimum Gasteiger partial charge on any atom is -0.481 e. The van der Waals surface area contributed by atoms with Crippen molar-refractivity contribution in [1.29, 1.82) is 0 Å². The molecule has 6 nitrogen and oxygen atoms in total. The van der Waals surface area contributed by atoms with Gasteiger partial charge in [0.05, 0.1) is 7.11 Å². The van der Waals surface area contributed by atoms with Crippen LogP contribution in [0.3, 0.4) is 0 Å². The number of carboxylic acid groups (broad SMARTS) is 1. The van der Waals surface area contributed by atoms with Gasteiger partial charge in [0.25, 0.3) is 0 Å². The van der Waals surface area contributed by atoms with Gasteiger partial charge in [-0.15, -0.1) is 0 Å². The molecule has 0 radical (unpaired) electrons. The molecule has 0 fully saturated rings. The van der Waals surface area contributed by atoms with Crippen molar-refractivity contribution in [3.63, 3.8) is 0 Å². The van der Waals surface area contributed by atoms with Crippen LogP contribution in [-0.4, -0.2) is 42.7 Å². The molecule has 6 heteroatoms. The lowest BCUT2D eigenvalue weighted by Gasteiger charge is -2.19. The molecule has 0 aliphatic heterocycles. The number of anilines is 1. The first kappa shape index (κ1) is 14.0. The molecule has 0 bridgehead atoms. The van der Waals surface area contributed by atoms with Crippen molar-refractivity contribution in [2.75, 3.05) is 25.6 Å². The van der Waals surface area contributed by atoms with Gasteiger partial charge in [-0.3, -0.25) is 4.79 Å². The van der Waals surface area contributed by atoms with Gasteiger partial charge in [0, 0.05) is 26.2 Å². The van der Waals surface area contributed by atoms with E-state index in [1.165, 1.54) is 7.11 Å². The summed E-state index contributed by atoms with van der Waals surface area (Å²) in [6.45, 7) is 0.507. The highest BCUT2D eigenvalue weighted by Crippen LogP contribution is 2.17. The lowest BCUT2D eigenvalue weighted by Crippen LogP contribution is -2.23. The fourth-order valence-electron chi connectivity index (χ4n) is 1.54. The summed E-state index contributed by atoms with van der Waals surface area (Å²) in [4.78, 5) is 27.8. The third-order valence-corrected chi connectivity index (χ3v) is 2.44. The molecule has 1 rings (SSSR count). The number of esters is 1. The molecule has 0 saturated heterocycles. The summed E-state index contributed by atoms with van der Waals surface area (Å²) in [7, 11) is 3.07. The predicted molar refractivity (Wildman–Crippen MR) is 65.7 cm³/mol. The van der Waals surface area contributed by atoms with Crippen LogP contribution in [-0.2, 0) is 9.53 Å². The van der Waals surface area contributed by atoms with E-state index in [1.807, 2.05) is 0 Å². The number of ether oxygens (including phenoxy) is 1. The van der Waals surface area contributed by atoms with Crippen molar-refractivity contribution in [3.05, 3.63) is 23.9 Å². The van der Waals surface area contributed by atoms with Gasteiger partial charge < -0.3 is 14.7 Å². The maximum atomic E-state index is 11.5. The maximum absolute atomic E-state index is 11.5. The average molecular weight is 252 g/mol. The molecule has 0 aliphatic rings. The zero-order chi connectivity index (χ0) is 13.5. The van der Waals surface area contributed by atoms with E-state index in [0.29, 0.717) is 24.3 Å². The highest BCUT2D eigenvalue weighted by Gasteiger charge is 2.15. The van der Waals surface area contributed by atoms with Gasteiger partial charge in [0.1, 0.15) is 11.4 Å². The van der Waals surface area contributed by atoms with Gasteiger partial charge in [-0.1, -0.05) is 0 Å². The number of carboxylic acids is 1. The summed E-state index contributed by atoms with van der Waals surface area (Å²) in [6.07, 6.45) is 2.16. The number of hydrogen-bond acceptors (Lipinski definition) is 5. The van der Waals surface area contributed by atoms with Crippen molar-refractivity contribution in [2.24, 2.45) is 0 Å². The molecule has 0 spiro atoms. The third kappa shape index (κ3) is 3.73. The largest absolute Gasteiger partial charge is 0.481 e. The summed E-state index contributed by atoms with van der Waals surface area (Å²) in [5, 5.41) is 8.57. The number of aliphatic carboxylic acids is 1. The lowest BCUT2D eigenvalue weighted by atomic mass is 10.2. The van der Waals surface area contributed by atoms with E-state index < -0.39 is 11.9 Å². The van der Waals surface area contributed by atoms with E-state index in [2.05, 4.69) is 9.72 Å². The quantitative estimate of drug-likeness (QED) is 0.765. The van der Waals surface area contributed by atoms with Crippen molar-refractivity contribution in [1.82, 2.24) is 4.98 Å². The second kappa shape index (κ2) is 6.58. The molecule has 0 atom stereocenters. The van der Waals surface area contributed by atoms with Crippen molar-refractivity contribution < 1.29 is 19.4 Å². The Morgan fingerprint density at radius 3 is 2.83 bits per heavy atom. The first-order chi connectivity index (χ1) is 8.56. The first-order valence-corrected chi connectivity index (χ1v) is 5.52. The van der Waals surface area contributed by atoms with Crippen LogP contribution in [0, 0.1) is 0 Å². The van der Waals surface area contributed by atoms with Crippen molar-refractivity contribution >= 4 is 17.8 Å². The zero-order valence-corrected chi connectivity index (χ0v) is 10.4. The Morgan fingerprint density at radius 1 is 1.50 bits per heavy atom. The Morgan fingerprint density at radius 2 is 2.22 bits per heavy atom. The van der Waals surface area contributed by atoms with Gasteiger partial charge in [0.2, 0.25) is 0 Å². The Balaban J connectivity index is 2.75. The highest BCUT2D eigenvalue weighted by molar-refractivity contribution is 5.94. The number of pyridine rings is 1. The number of carbonyl (C=O) groups excluding carboxylic acids is 1. The molecule has 0 aliphatic carbocycles. The number of methoxy groups -OCH3 is 1. The lowest BCUT2D eigenvalue weighted by molar-refractivity contribution is -0.137. The molecule has 0 saturated carbocycles. The molecule has 0 amide bonds. The van der Waals surface area contributed by atoms with E-state index in [0.717, 1.165) is 0 Å². The third-order valence-electron chi connectivity index (χ3n) is 2.44. The van der Waals surface area contributed by atoms with Crippen LogP contribution in [0.1, 0.15) is 23.2 Å². The Kier molecular flexibility index (Phi) is 5.10. The van der Waals surface area contributed by atoms with E-state index in [4.69, 9.17) is 5.11 Å². The standard InChI is InChI=1S/C12H16N2O4/c1-14(8-4-6-10(15)16)11-9(12(17)18-2)5-3-7-13-11/h3,5,7H,4,6,8H2,1-2H3,(H,15,16). The summed E-state index contributed by atoms with van der Waals surface area (Å²) in [5.41, 5.74) is 0.373. The summed E-state index contributed by atoms with van der Waals surface area (Å²) >= 11 is 0. The van der Waals surface area contributed by atoms with Crippen LogP contribution in [0.5, 0.6) is 0 Å². The smallest absolute Gasteiger partial charge is 0.341 e. The number of nitrogens with zero attached hydrogens (tertiary/aromatic N) is 2. The van der Waals surface area contributed by atoms with E-state index in [9.17, 15) is 9.59 Å². The summed E-state index contributed by atoms with van der Waals surface area (Å²) in [5.74, 6) is -0.796. The van der Waals surface area contributed by atoms with Crippen molar-refractivity contribution in [2.45, 2.75) is 12.8 Å². The minimum absolute atomic E-state index is 0.0880.